The summed E-state index contributed by atoms with van der Waals surface area (Å²) in [6, 6.07) is 9.09. The van der Waals surface area contributed by atoms with Crippen molar-refractivity contribution in [3.8, 4) is 0 Å². The molecule has 2 heterocycles. The summed E-state index contributed by atoms with van der Waals surface area (Å²) >= 11 is 7.43. The predicted octanol–water partition coefficient (Wildman–Crippen LogP) is 3.83. The third-order valence-electron chi connectivity index (χ3n) is 4.95. The van der Waals surface area contributed by atoms with Crippen molar-refractivity contribution in [1.82, 2.24) is 9.62 Å². The van der Waals surface area contributed by atoms with Gasteiger partial charge in [0, 0.05) is 32.7 Å². The zero-order valence-corrected chi connectivity index (χ0v) is 18.8. The van der Waals surface area contributed by atoms with Crippen LogP contribution >= 0.6 is 22.9 Å². The Morgan fingerprint density at radius 3 is 2.55 bits per heavy atom. The molecule has 0 atom stereocenters. The fourth-order valence-corrected chi connectivity index (χ4v) is 6.33. The van der Waals surface area contributed by atoms with Crippen LogP contribution in [0.25, 0.3) is 0 Å². The minimum atomic E-state index is -3.72. The molecule has 0 bridgehead atoms. The van der Waals surface area contributed by atoms with Gasteiger partial charge in [-0.05, 0) is 30.0 Å². The minimum Gasteiger partial charge on any atom is -0.368 e. The number of nitrogens with zero attached hydrogens (tertiary/aromatic N) is 2. The highest BCUT2D eigenvalue weighted by molar-refractivity contribution is 7.89. The maximum absolute atomic E-state index is 13.2. The molecule has 0 radical (unpaired) electrons. The zero-order valence-electron chi connectivity index (χ0n) is 16.4. The summed E-state index contributed by atoms with van der Waals surface area (Å²) in [7, 11) is -3.72. The number of hydrogen-bond acceptors (Lipinski definition) is 5. The molecule has 0 unspecified atom stereocenters. The number of hydrogen-bond donors (Lipinski definition) is 1. The molecule has 0 spiro atoms. The second-order valence-corrected chi connectivity index (χ2v) is 10.1. The van der Waals surface area contributed by atoms with Crippen LogP contribution in [0.5, 0.6) is 0 Å². The summed E-state index contributed by atoms with van der Waals surface area (Å²) in [5.41, 5.74) is 0.911. The number of rotatable bonds is 8. The molecule has 1 aromatic heterocycles. The van der Waals surface area contributed by atoms with E-state index in [9.17, 15) is 13.2 Å². The van der Waals surface area contributed by atoms with Crippen molar-refractivity contribution in [2.75, 3.05) is 37.6 Å². The quantitative estimate of drug-likeness (QED) is 0.614. The first-order valence-corrected chi connectivity index (χ1v) is 12.5. The SMILES string of the molecule is CCCCCNC(=O)c1sccc1S(=O)(=O)N1CCN(c2ccccc2Cl)CC1. The van der Waals surface area contributed by atoms with Crippen molar-refractivity contribution >= 4 is 44.6 Å². The largest absolute Gasteiger partial charge is 0.368 e. The van der Waals surface area contributed by atoms with Crippen molar-refractivity contribution in [3.63, 3.8) is 0 Å². The second-order valence-electron chi connectivity index (χ2n) is 6.92. The highest BCUT2D eigenvalue weighted by Gasteiger charge is 2.32. The summed E-state index contributed by atoms with van der Waals surface area (Å²) in [5, 5.41) is 5.15. The van der Waals surface area contributed by atoms with Crippen LogP contribution in [0.4, 0.5) is 5.69 Å². The standard InChI is InChI=1S/C20H26ClN3O3S2/c1-2-3-6-10-22-20(25)19-18(9-15-28-19)29(26,27)24-13-11-23(12-14-24)17-8-5-4-7-16(17)21/h4-5,7-9,15H,2-3,6,10-14H2,1H3,(H,22,25). The van der Waals surface area contributed by atoms with Gasteiger partial charge in [0.2, 0.25) is 10.0 Å². The predicted molar refractivity (Wildman–Crippen MR) is 119 cm³/mol. The molecule has 1 aliphatic rings. The molecule has 158 valence electrons. The Morgan fingerprint density at radius 2 is 1.86 bits per heavy atom. The Labute approximate surface area is 181 Å². The van der Waals surface area contributed by atoms with Crippen LogP contribution in [-0.2, 0) is 10.0 Å². The van der Waals surface area contributed by atoms with E-state index in [1.807, 2.05) is 24.3 Å². The van der Waals surface area contributed by atoms with Gasteiger partial charge < -0.3 is 10.2 Å². The van der Waals surface area contributed by atoms with E-state index < -0.39 is 10.0 Å². The van der Waals surface area contributed by atoms with Gasteiger partial charge in [-0.1, -0.05) is 43.5 Å². The fourth-order valence-electron chi connectivity index (χ4n) is 3.34. The molecular formula is C20H26ClN3O3S2. The summed E-state index contributed by atoms with van der Waals surface area (Å²) in [6.07, 6.45) is 2.99. The molecule has 1 aliphatic heterocycles. The monoisotopic (exact) mass is 455 g/mol. The molecular weight excluding hydrogens is 430 g/mol. The summed E-state index contributed by atoms with van der Waals surface area (Å²) in [4.78, 5) is 14.9. The van der Waals surface area contributed by atoms with Gasteiger partial charge in [0.15, 0.2) is 0 Å². The molecule has 3 rings (SSSR count). The third kappa shape index (κ3) is 5.12. The lowest BCUT2D eigenvalue weighted by molar-refractivity contribution is 0.0954. The number of unbranched alkanes of at least 4 members (excludes halogenated alkanes) is 2. The van der Waals surface area contributed by atoms with Gasteiger partial charge in [0.1, 0.15) is 9.77 Å². The lowest BCUT2D eigenvalue weighted by Gasteiger charge is -2.35. The summed E-state index contributed by atoms with van der Waals surface area (Å²) < 4.78 is 27.8. The molecule has 29 heavy (non-hydrogen) atoms. The maximum Gasteiger partial charge on any atom is 0.262 e. The van der Waals surface area contributed by atoms with E-state index in [-0.39, 0.29) is 15.7 Å². The minimum absolute atomic E-state index is 0.0988. The molecule has 1 amide bonds. The van der Waals surface area contributed by atoms with Crippen molar-refractivity contribution in [1.29, 1.82) is 0 Å². The van der Waals surface area contributed by atoms with Gasteiger partial charge in [0.05, 0.1) is 10.7 Å². The molecule has 1 saturated heterocycles. The first kappa shape index (κ1) is 22.1. The van der Waals surface area contributed by atoms with E-state index in [2.05, 4.69) is 17.1 Å². The van der Waals surface area contributed by atoms with Crippen molar-refractivity contribution in [2.24, 2.45) is 0 Å². The lowest BCUT2D eigenvalue weighted by Crippen LogP contribution is -2.49. The Kier molecular flexibility index (Phi) is 7.56. The molecule has 1 N–H and O–H groups in total. The molecule has 2 aromatic rings. The lowest BCUT2D eigenvalue weighted by atomic mass is 10.2. The van der Waals surface area contributed by atoms with Gasteiger partial charge in [-0.25, -0.2) is 8.42 Å². The molecule has 1 aromatic carbocycles. The van der Waals surface area contributed by atoms with Crippen LogP contribution in [0.15, 0.2) is 40.6 Å². The van der Waals surface area contributed by atoms with Crippen molar-refractivity contribution < 1.29 is 13.2 Å². The van der Waals surface area contributed by atoms with Crippen LogP contribution in [0.2, 0.25) is 5.02 Å². The van der Waals surface area contributed by atoms with Crippen LogP contribution in [0.3, 0.4) is 0 Å². The fraction of sp³-hybridized carbons (Fsp3) is 0.450. The van der Waals surface area contributed by atoms with Crippen molar-refractivity contribution in [3.05, 3.63) is 45.6 Å². The van der Waals surface area contributed by atoms with Crippen LogP contribution in [0.1, 0.15) is 35.9 Å². The first-order valence-electron chi connectivity index (χ1n) is 9.80. The number of benzene rings is 1. The highest BCUT2D eigenvalue weighted by Crippen LogP contribution is 2.29. The Morgan fingerprint density at radius 1 is 1.14 bits per heavy atom. The smallest absolute Gasteiger partial charge is 0.262 e. The second kappa shape index (κ2) is 9.93. The number of para-hydroxylation sites is 1. The van der Waals surface area contributed by atoms with E-state index in [1.54, 1.807) is 5.38 Å². The van der Waals surface area contributed by atoms with Crippen LogP contribution in [-0.4, -0.2) is 51.4 Å². The average molecular weight is 456 g/mol. The third-order valence-corrected chi connectivity index (χ3v) is 8.25. The van der Waals surface area contributed by atoms with Crippen LogP contribution in [0, 0.1) is 0 Å². The molecule has 0 saturated carbocycles. The average Bonchev–Trinajstić information content (AvgIpc) is 3.23. The number of piperazine rings is 1. The summed E-state index contributed by atoms with van der Waals surface area (Å²) in [5.74, 6) is -0.315. The van der Waals surface area contributed by atoms with E-state index in [0.29, 0.717) is 37.7 Å². The van der Waals surface area contributed by atoms with Crippen LogP contribution < -0.4 is 10.2 Å². The van der Waals surface area contributed by atoms with Gasteiger partial charge in [-0.15, -0.1) is 11.3 Å². The summed E-state index contributed by atoms with van der Waals surface area (Å²) in [6.45, 7) is 4.44. The number of halogens is 1. The van der Waals surface area contributed by atoms with E-state index in [0.717, 1.165) is 24.9 Å². The van der Waals surface area contributed by atoms with E-state index in [4.69, 9.17) is 11.6 Å². The zero-order chi connectivity index (χ0) is 20.9. The van der Waals surface area contributed by atoms with E-state index >= 15 is 0 Å². The molecule has 0 aliphatic carbocycles. The van der Waals surface area contributed by atoms with Crippen molar-refractivity contribution in [2.45, 2.75) is 31.1 Å². The number of carbonyl (C=O) groups is 1. The van der Waals surface area contributed by atoms with Gasteiger partial charge in [0.25, 0.3) is 5.91 Å². The number of anilines is 1. The topological polar surface area (TPSA) is 69.7 Å². The Bertz CT molecular complexity index is 938. The van der Waals surface area contributed by atoms with Gasteiger partial charge in [-0.2, -0.15) is 4.31 Å². The van der Waals surface area contributed by atoms with Gasteiger partial charge in [-0.3, -0.25) is 4.79 Å². The number of carbonyl (C=O) groups excluding carboxylic acids is 1. The number of amides is 1. The number of thiophene rings is 1. The highest BCUT2D eigenvalue weighted by atomic mass is 35.5. The Balaban J connectivity index is 1.67. The molecule has 1 fully saturated rings. The normalized spacial score (nSPS) is 15.4. The Hall–Kier alpha value is -1.61. The number of nitrogens with one attached hydrogen (secondary N) is 1. The molecule has 6 nitrogen and oxygen atoms in total. The molecule has 9 heteroatoms. The maximum atomic E-state index is 13.2. The van der Waals surface area contributed by atoms with E-state index in [1.165, 1.54) is 21.7 Å². The van der Waals surface area contributed by atoms with Gasteiger partial charge >= 0.3 is 0 Å². The first-order chi connectivity index (χ1) is 13.9. The number of sulfonamides is 1.